The Balaban J connectivity index is 2.15. The van der Waals surface area contributed by atoms with Crippen molar-refractivity contribution in [3.8, 4) is 6.07 Å². The Morgan fingerprint density at radius 2 is 1.93 bits per heavy atom. The van der Waals surface area contributed by atoms with E-state index in [-0.39, 0.29) is 22.4 Å². The van der Waals surface area contributed by atoms with E-state index in [1.165, 1.54) is 18.2 Å². The second kappa shape index (κ2) is 9.00. The molecule has 0 radical (unpaired) electrons. The van der Waals surface area contributed by atoms with Gasteiger partial charge in [0.25, 0.3) is 0 Å². The van der Waals surface area contributed by atoms with E-state index in [9.17, 15) is 13.2 Å². The SMILES string of the molecule is CC(C)[C@H](NS(=O)(=O)c1cccc(Cl)c1)C(=O)OCc1ccccc1C#N. The van der Waals surface area contributed by atoms with Crippen molar-refractivity contribution in [3.05, 3.63) is 64.7 Å². The molecular formula is C19H19ClN2O4S. The Labute approximate surface area is 163 Å². The zero-order chi connectivity index (χ0) is 20.0. The number of nitriles is 1. The summed E-state index contributed by atoms with van der Waals surface area (Å²) >= 11 is 5.85. The number of esters is 1. The first kappa shape index (κ1) is 20.9. The van der Waals surface area contributed by atoms with Crippen LogP contribution in [-0.2, 0) is 26.2 Å². The van der Waals surface area contributed by atoms with Crippen molar-refractivity contribution in [2.45, 2.75) is 31.4 Å². The highest BCUT2D eigenvalue weighted by Gasteiger charge is 2.30. The fraction of sp³-hybridized carbons (Fsp3) is 0.263. The van der Waals surface area contributed by atoms with E-state index in [0.717, 1.165) is 0 Å². The Kier molecular flexibility index (Phi) is 6.97. The predicted octanol–water partition coefficient (Wildman–Crippen LogP) is 3.26. The quantitative estimate of drug-likeness (QED) is 0.712. The number of carbonyl (C=O) groups is 1. The van der Waals surface area contributed by atoms with Crippen molar-refractivity contribution in [3.63, 3.8) is 0 Å². The van der Waals surface area contributed by atoms with E-state index in [1.54, 1.807) is 44.2 Å². The molecule has 27 heavy (non-hydrogen) atoms. The molecule has 0 saturated heterocycles. The van der Waals surface area contributed by atoms with E-state index in [0.29, 0.717) is 11.1 Å². The van der Waals surface area contributed by atoms with Crippen LogP contribution in [0.3, 0.4) is 0 Å². The number of hydrogen-bond acceptors (Lipinski definition) is 5. The molecule has 142 valence electrons. The molecule has 6 nitrogen and oxygen atoms in total. The largest absolute Gasteiger partial charge is 0.460 e. The molecule has 0 aromatic heterocycles. The van der Waals surface area contributed by atoms with E-state index in [4.69, 9.17) is 21.6 Å². The molecule has 0 fully saturated rings. The summed E-state index contributed by atoms with van der Waals surface area (Å²) in [6, 6.07) is 13.4. The minimum Gasteiger partial charge on any atom is -0.460 e. The fourth-order valence-electron chi connectivity index (χ4n) is 2.32. The second-order valence-electron chi connectivity index (χ2n) is 6.18. The maximum atomic E-state index is 12.6. The first-order valence-corrected chi connectivity index (χ1v) is 10.0. The number of hydrogen-bond donors (Lipinski definition) is 1. The molecule has 0 spiro atoms. The van der Waals surface area contributed by atoms with Crippen LogP contribution < -0.4 is 4.72 Å². The normalized spacial score (nSPS) is 12.4. The van der Waals surface area contributed by atoms with Crippen LogP contribution in [0, 0.1) is 17.2 Å². The van der Waals surface area contributed by atoms with Gasteiger partial charge >= 0.3 is 5.97 Å². The van der Waals surface area contributed by atoms with Gasteiger partial charge in [0, 0.05) is 10.6 Å². The van der Waals surface area contributed by atoms with E-state index in [1.807, 2.05) is 6.07 Å². The smallest absolute Gasteiger partial charge is 0.324 e. The van der Waals surface area contributed by atoms with Gasteiger partial charge in [-0.25, -0.2) is 8.42 Å². The summed E-state index contributed by atoms with van der Waals surface area (Å²) < 4.78 is 32.7. The van der Waals surface area contributed by atoms with Crippen molar-refractivity contribution in [2.24, 2.45) is 5.92 Å². The number of benzene rings is 2. The second-order valence-corrected chi connectivity index (χ2v) is 8.33. The molecule has 0 aliphatic carbocycles. The van der Waals surface area contributed by atoms with Crippen LogP contribution in [0.15, 0.2) is 53.4 Å². The number of carbonyl (C=O) groups excluding carboxylic acids is 1. The molecule has 0 amide bonds. The highest BCUT2D eigenvalue weighted by Crippen LogP contribution is 2.18. The van der Waals surface area contributed by atoms with Crippen LogP contribution in [0.25, 0.3) is 0 Å². The minimum absolute atomic E-state index is 0.0386. The van der Waals surface area contributed by atoms with Gasteiger partial charge in [-0.3, -0.25) is 4.79 Å². The fourth-order valence-corrected chi connectivity index (χ4v) is 3.95. The highest BCUT2D eigenvalue weighted by molar-refractivity contribution is 7.89. The Bertz CT molecular complexity index is 968. The van der Waals surface area contributed by atoms with Crippen LogP contribution >= 0.6 is 11.6 Å². The van der Waals surface area contributed by atoms with Gasteiger partial charge in [0.2, 0.25) is 10.0 Å². The summed E-state index contributed by atoms with van der Waals surface area (Å²) in [7, 11) is -3.96. The van der Waals surface area contributed by atoms with Crippen molar-refractivity contribution >= 4 is 27.6 Å². The molecule has 0 aliphatic rings. The van der Waals surface area contributed by atoms with Crippen LogP contribution in [0.1, 0.15) is 25.0 Å². The maximum Gasteiger partial charge on any atom is 0.324 e. The molecule has 2 rings (SSSR count). The van der Waals surface area contributed by atoms with Crippen molar-refractivity contribution in [1.82, 2.24) is 4.72 Å². The van der Waals surface area contributed by atoms with Gasteiger partial charge in [0.15, 0.2) is 0 Å². The van der Waals surface area contributed by atoms with E-state index < -0.39 is 22.0 Å². The molecule has 0 bridgehead atoms. The van der Waals surface area contributed by atoms with Crippen molar-refractivity contribution in [1.29, 1.82) is 5.26 Å². The van der Waals surface area contributed by atoms with Crippen LogP contribution in [-0.4, -0.2) is 20.4 Å². The molecule has 2 aromatic carbocycles. The molecule has 0 heterocycles. The standard InChI is InChI=1S/C19H19ClN2O4S/c1-13(2)18(22-27(24,25)17-9-5-8-16(20)10-17)19(23)26-12-15-7-4-3-6-14(15)11-21/h3-10,13,18,22H,12H2,1-2H3/t18-/m0/s1. The van der Waals surface area contributed by atoms with Crippen molar-refractivity contribution in [2.75, 3.05) is 0 Å². The molecule has 0 aliphatic heterocycles. The molecule has 1 N–H and O–H groups in total. The summed E-state index contributed by atoms with van der Waals surface area (Å²) in [5, 5.41) is 9.36. The van der Waals surface area contributed by atoms with Gasteiger partial charge in [-0.15, -0.1) is 0 Å². The van der Waals surface area contributed by atoms with Gasteiger partial charge in [-0.05, 0) is 30.2 Å². The minimum atomic E-state index is -3.96. The van der Waals surface area contributed by atoms with Crippen LogP contribution in [0.2, 0.25) is 5.02 Å². The van der Waals surface area contributed by atoms with Gasteiger partial charge in [-0.1, -0.05) is 49.7 Å². The zero-order valence-electron chi connectivity index (χ0n) is 14.8. The van der Waals surface area contributed by atoms with Crippen LogP contribution in [0.5, 0.6) is 0 Å². The van der Waals surface area contributed by atoms with E-state index in [2.05, 4.69) is 4.72 Å². The lowest BCUT2D eigenvalue weighted by Gasteiger charge is -2.21. The number of nitrogens with one attached hydrogen (secondary N) is 1. The third-order valence-electron chi connectivity index (χ3n) is 3.82. The summed E-state index contributed by atoms with van der Waals surface area (Å²) in [4.78, 5) is 12.4. The molecular weight excluding hydrogens is 388 g/mol. The number of halogens is 1. The number of nitrogens with zero attached hydrogens (tertiary/aromatic N) is 1. The summed E-state index contributed by atoms with van der Waals surface area (Å²) in [6.45, 7) is 3.29. The predicted molar refractivity (Wildman–Crippen MR) is 101 cm³/mol. The van der Waals surface area contributed by atoms with E-state index >= 15 is 0 Å². The monoisotopic (exact) mass is 406 g/mol. The molecule has 8 heteroatoms. The lowest BCUT2D eigenvalue weighted by Crippen LogP contribution is -2.45. The lowest BCUT2D eigenvalue weighted by atomic mass is 10.1. The first-order chi connectivity index (χ1) is 12.7. The highest BCUT2D eigenvalue weighted by atomic mass is 35.5. The molecule has 2 aromatic rings. The summed E-state index contributed by atoms with van der Waals surface area (Å²) in [5.74, 6) is -1.07. The number of ether oxygens (including phenoxy) is 1. The Morgan fingerprint density at radius 3 is 2.56 bits per heavy atom. The third-order valence-corrected chi connectivity index (χ3v) is 5.49. The Hall–Kier alpha value is -2.40. The van der Waals surface area contributed by atoms with Gasteiger partial charge in [0.1, 0.15) is 12.6 Å². The molecule has 0 unspecified atom stereocenters. The number of rotatable bonds is 7. The van der Waals surface area contributed by atoms with Gasteiger partial charge < -0.3 is 4.74 Å². The number of sulfonamides is 1. The molecule has 0 saturated carbocycles. The molecule has 1 atom stereocenters. The Morgan fingerprint density at radius 1 is 1.22 bits per heavy atom. The third kappa shape index (κ3) is 5.54. The maximum absolute atomic E-state index is 12.6. The topological polar surface area (TPSA) is 96.3 Å². The summed E-state index contributed by atoms with van der Waals surface area (Å²) in [5.41, 5.74) is 0.944. The summed E-state index contributed by atoms with van der Waals surface area (Å²) in [6.07, 6.45) is 0. The zero-order valence-corrected chi connectivity index (χ0v) is 16.4. The van der Waals surface area contributed by atoms with Gasteiger partial charge in [0.05, 0.1) is 16.5 Å². The van der Waals surface area contributed by atoms with Gasteiger partial charge in [-0.2, -0.15) is 9.98 Å². The van der Waals surface area contributed by atoms with Crippen LogP contribution in [0.4, 0.5) is 0 Å². The lowest BCUT2D eigenvalue weighted by molar-refractivity contribution is -0.148. The average molecular weight is 407 g/mol. The van der Waals surface area contributed by atoms with Crippen molar-refractivity contribution < 1.29 is 17.9 Å². The first-order valence-electron chi connectivity index (χ1n) is 8.17. The average Bonchev–Trinajstić information content (AvgIpc) is 2.64.